The molecule has 1 unspecified atom stereocenters. The molecular formula is C15H30IN3O2. The van der Waals surface area contributed by atoms with Crippen LogP contribution in [-0.2, 0) is 9.47 Å². The van der Waals surface area contributed by atoms with Crippen molar-refractivity contribution in [3.05, 3.63) is 0 Å². The standard InChI is InChI=1S/C15H29N3O2.HI/c1-16-14(18(2)10-13-4-8-20-11-13)17-12-15(5-6-15)7-9-19-3;/h13H,4-12H2,1-3H3,(H,16,17);1H. The zero-order chi connectivity index (χ0) is 14.4. The molecule has 21 heavy (non-hydrogen) atoms. The van der Waals surface area contributed by atoms with Crippen molar-refractivity contribution in [2.75, 3.05) is 54.1 Å². The van der Waals surface area contributed by atoms with Crippen LogP contribution in [0, 0.1) is 11.3 Å². The molecule has 0 radical (unpaired) electrons. The number of hydrogen-bond acceptors (Lipinski definition) is 3. The van der Waals surface area contributed by atoms with Crippen molar-refractivity contribution in [3.8, 4) is 0 Å². The molecule has 2 fully saturated rings. The van der Waals surface area contributed by atoms with E-state index in [0.717, 1.165) is 45.3 Å². The second-order valence-corrected chi connectivity index (χ2v) is 6.25. The lowest BCUT2D eigenvalue weighted by Gasteiger charge is -2.26. The van der Waals surface area contributed by atoms with Crippen molar-refractivity contribution in [1.82, 2.24) is 10.2 Å². The number of ether oxygens (including phenoxy) is 2. The number of guanidine groups is 1. The average Bonchev–Trinajstić information content (AvgIpc) is 3.03. The Kier molecular flexibility index (Phi) is 8.26. The molecule has 1 aliphatic carbocycles. The highest BCUT2D eigenvalue weighted by atomic mass is 127. The summed E-state index contributed by atoms with van der Waals surface area (Å²) >= 11 is 0. The Morgan fingerprint density at radius 2 is 2.24 bits per heavy atom. The van der Waals surface area contributed by atoms with E-state index >= 15 is 0 Å². The van der Waals surface area contributed by atoms with Crippen LogP contribution in [0.25, 0.3) is 0 Å². The van der Waals surface area contributed by atoms with Crippen LogP contribution < -0.4 is 5.32 Å². The van der Waals surface area contributed by atoms with Crippen molar-refractivity contribution in [2.24, 2.45) is 16.3 Å². The summed E-state index contributed by atoms with van der Waals surface area (Å²) in [6.07, 6.45) is 4.92. The Labute approximate surface area is 145 Å². The summed E-state index contributed by atoms with van der Waals surface area (Å²) in [5.41, 5.74) is 0.448. The maximum Gasteiger partial charge on any atom is 0.193 e. The number of halogens is 1. The Hall–Kier alpha value is -0.0800. The van der Waals surface area contributed by atoms with Crippen LogP contribution in [0.2, 0.25) is 0 Å². The first-order valence-corrected chi connectivity index (χ1v) is 7.67. The number of methoxy groups -OCH3 is 1. The molecule has 1 saturated carbocycles. The van der Waals surface area contributed by atoms with Gasteiger partial charge in [-0.25, -0.2) is 0 Å². The third kappa shape index (κ3) is 5.90. The van der Waals surface area contributed by atoms with Crippen LogP contribution in [0.15, 0.2) is 4.99 Å². The summed E-state index contributed by atoms with van der Waals surface area (Å²) in [6, 6.07) is 0. The van der Waals surface area contributed by atoms with Gasteiger partial charge in [-0.1, -0.05) is 0 Å². The maximum atomic E-state index is 5.44. The topological polar surface area (TPSA) is 46.1 Å². The fourth-order valence-electron chi connectivity index (χ4n) is 2.86. The average molecular weight is 411 g/mol. The molecule has 0 aromatic heterocycles. The van der Waals surface area contributed by atoms with Gasteiger partial charge in [0.05, 0.1) is 6.61 Å². The number of nitrogens with zero attached hydrogens (tertiary/aromatic N) is 2. The summed E-state index contributed by atoms with van der Waals surface area (Å²) in [4.78, 5) is 6.63. The lowest BCUT2D eigenvalue weighted by Crippen LogP contribution is -2.43. The number of nitrogens with one attached hydrogen (secondary N) is 1. The predicted octanol–water partition coefficient (Wildman–Crippen LogP) is 1.96. The van der Waals surface area contributed by atoms with Gasteiger partial charge in [0.2, 0.25) is 0 Å². The van der Waals surface area contributed by atoms with Gasteiger partial charge in [0.25, 0.3) is 0 Å². The molecular weight excluding hydrogens is 381 g/mol. The van der Waals surface area contributed by atoms with Crippen LogP contribution in [0.3, 0.4) is 0 Å². The van der Waals surface area contributed by atoms with Gasteiger partial charge in [-0.15, -0.1) is 24.0 Å². The fraction of sp³-hybridized carbons (Fsp3) is 0.933. The van der Waals surface area contributed by atoms with Gasteiger partial charge < -0.3 is 19.7 Å². The highest BCUT2D eigenvalue weighted by Crippen LogP contribution is 2.48. The van der Waals surface area contributed by atoms with Crippen molar-refractivity contribution in [2.45, 2.75) is 25.7 Å². The van der Waals surface area contributed by atoms with Crippen LogP contribution in [0.4, 0.5) is 0 Å². The second kappa shape index (κ2) is 9.15. The van der Waals surface area contributed by atoms with Crippen molar-refractivity contribution < 1.29 is 9.47 Å². The van der Waals surface area contributed by atoms with Crippen molar-refractivity contribution >= 4 is 29.9 Å². The first kappa shape index (κ1) is 19.0. The van der Waals surface area contributed by atoms with E-state index in [1.165, 1.54) is 19.3 Å². The summed E-state index contributed by atoms with van der Waals surface area (Å²) in [5, 5.41) is 3.53. The van der Waals surface area contributed by atoms with Gasteiger partial charge in [0, 0.05) is 53.4 Å². The van der Waals surface area contributed by atoms with Gasteiger partial charge >= 0.3 is 0 Å². The molecule has 1 N–H and O–H groups in total. The fourth-order valence-corrected chi connectivity index (χ4v) is 2.86. The second-order valence-electron chi connectivity index (χ2n) is 6.25. The summed E-state index contributed by atoms with van der Waals surface area (Å²) < 4.78 is 10.6. The molecule has 1 atom stereocenters. The van der Waals surface area contributed by atoms with Gasteiger partial charge in [0.15, 0.2) is 5.96 Å². The van der Waals surface area contributed by atoms with Gasteiger partial charge in [0.1, 0.15) is 0 Å². The zero-order valence-electron chi connectivity index (χ0n) is 13.6. The first-order valence-electron chi connectivity index (χ1n) is 7.67. The number of hydrogen-bond donors (Lipinski definition) is 1. The molecule has 2 rings (SSSR count). The molecule has 0 spiro atoms. The number of rotatable bonds is 7. The normalized spacial score (nSPS) is 23.6. The molecule has 1 saturated heterocycles. The zero-order valence-corrected chi connectivity index (χ0v) is 15.9. The van der Waals surface area contributed by atoms with E-state index < -0.39 is 0 Å². The summed E-state index contributed by atoms with van der Waals surface area (Å²) in [6.45, 7) is 4.68. The monoisotopic (exact) mass is 411 g/mol. The van der Waals surface area contributed by atoms with Crippen LogP contribution >= 0.6 is 24.0 Å². The largest absolute Gasteiger partial charge is 0.385 e. The molecule has 1 aliphatic heterocycles. The molecule has 5 nitrogen and oxygen atoms in total. The van der Waals surface area contributed by atoms with E-state index in [-0.39, 0.29) is 24.0 Å². The molecule has 0 aromatic rings. The predicted molar refractivity (Wildman–Crippen MR) is 96.5 cm³/mol. The first-order chi connectivity index (χ1) is 9.69. The van der Waals surface area contributed by atoms with Gasteiger partial charge in [-0.3, -0.25) is 4.99 Å². The number of aliphatic imine (C=N–C) groups is 1. The quantitative estimate of drug-likeness (QED) is 0.395. The van der Waals surface area contributed by atoms with Crippen LogP contribution in [0.5, 0.6) is 0 Å². The highest BCUT2D eigenvalue weighted by Gasteiger charge is 2.42. The summed E-state index contributed by atoms with van der Waals surface area (Å²) in [5.74, 6) is 1.64. The van der Waals surface area contributed by atoms with Crippen LogP contribution in [0.1, 0.15) is 25.7 Å². The third-order valence-electron chi connectivity index (χ3n) is 4.54. The molecule has 0 aromatic carbocycles. The maximum absolute atomic E-state index is 5.44. The van der Waals surface area contributed by atoms with Gasteiger partial charge in [-0.2, -0.15) is 0 Å². The van der Waals surface area contributed by atoms with Gasteiger partial charge in [-0.05, 0) is 31.1 Å². The van der Waals surface area contributed by atoms with Crippen molar-refractivity contribution in [1.29, 1.82) is 0 Å². The molecule has 0 amide bonds. The minimum absolute atomic E-state index is 0. The van der Waals surface area contributed by atoms with E-state index in [2.05, 4.69) is 22.3 Å². The van der Waals surface area contributed by atoms with Crippen LogP contribution in [-0.4, -0.2) is 65.0 Å². The smallest absolute Gasteiger partial charge is 0.193 e. The van der Waals surface area contributed by atoms with E-state index in [9.17, 15) is 0 Å². The lowest BCUT2D eigenvalue weighted by atomic mass is 10.0. The van der Waals surface area contributed by atoms with E-state index in [1.54, 1.807) is 7.11 Å². The van der Waals surface area contributed by atoms with E-state index in [1.807, 2.05) is 7.05 Å². The van der Waals surface area contributed by atoms with Crippen molar-refractivity contribution in [3.63, 3.8) is 0 Å². The highest BCUT2D eigenvalue weighted by molar-refractivity contribution is 14.0. The Balaban J connectivity index is 0.00000220. The summed E-state index contributed by atoms with van der Waals surface area (Å²) in [7, 11) is 5.75. The minimum Gasteiger partial charge on any atom is -0.385 e. The lowest BCUT2D eigenvalue weighted by molar-refractivity contribution is 0.172. The van der Waals surface area contributed by atoms with E-state index in [4.69, 9.17) is 9.47 Å². The molecule has 124 valence electrons. The third-order valence-corrected chi connectivity index (χ3v) is 4.54. The molecule has 1 heterocycles. The SMILES string of the molecule is CN=C(NCC1(CCOC)CC1)N(C)CC1CCOC1.I. The van der Waals surface area contributed by atoms with E-state index in [0.29, 0.717) is 11.3 Å². The molecule has 0 bridgehead atoms. The minimum atomic E-state index is 0. The molecule has 6 heteroatoms. The Morgan fingerprint density at radius 3 is 2.76 bits per heavy atom. The Bertz CT molecular complexity index is 329. The molecule has 2 aliphatic rings. The Morgan fingerprint density at radius 1 is 1.48 bits per heavy atom.